The first-order chi connectivity index (χ1) is 6.99. The molecule has 0 aromatic rings. The van der Waals surface area contributed by atoms with Crippen molar-refractivity contribution in [3.63, 3.8) is 0 Å². The molecule has 1 aliphatic heterocycles. The van der Waals surface area contributed by atoms with Crippen molar-refractivity contribution in [2.45, 2.75) is 38.4 Å². The highest BCUT2D eigenvalue weighted by Crippen LogP contribution is 2.13. The quantitative estimate of drug-likeness (QED) is 0.786. The highest BCUT2D eigenvalue weighted by molar-refractivity contribution is 4.73. The summed E-state index contributed by atoms with van der Waals surface area (Å²) in [6, 6.07) is 0.202. The number of alkyl halides is 3. The Hall–Kier alpha value is -0.290. The summed E-state index contributed by atoms with van der Waals surface area (Å²) in [6.07, 6.45) is -0.506. The normalized spacial score (nSPS) is 21.6. The van der Waals surface area contributed by atoms with E-state index in [1.165, 1.54) is 19.3 Å². The van der Waals surface area contributed by atoms with E-state index in [0.29, 0.717) is 6.54 Å². The molecule has 1 unspecified atom stereocenters. The molecule has 1 rings (SSSR count). The third kappa shape index (κ3) is 5.37. The molecule has 1 fully saturated rings. The number of nitrogens with one attached hydrogen (secondary N) is 1. The van der Waals surface area contributed by atoms with Crippen LogP contribution in [0.4, 0.5) is 13.2 Å². The molecule has 0 radical (unpaired) electrons. The van der Waals surface area contributed by atoms with Crippen LogP contribution in [0.1, 0.15) is 26.2 Å². The van der Waals surface area contributed by atoms with Crippen LogP contribution in [-0.4, -0.2) is 43.3 Å². The number of rotatable bonds is 4. The lowest BCUT2D eigenvalue weighted by molar-refractivity contribution is -0.125. The number of nitrogens with zero attached hydrogens (tertiary/aromatic N) is 1. The zero-order valence-corrected chi connectivity index (χ0v) is 9.11. The molecule has 90 valence electrons. The van der Waals surface area contributed by atoms with Crippen LogP contribution in [0, 0.1) is 0 Å². The maximum atomic E-state index is 11.9. The van der Waals surface area contributed by atoms with Gasteiger partial charge in [-0.3, -0.25) is 4.90 Å². The average Bonchev–Trinajstić information content (AvgIpc) is 2.17. The maximum Gasteiger partial charge on any atom is 0.401 e. The Morgan fingerprint density at radius 2 is 1.80 bits per heavy atom. The molecular weight excluding hydrogens is 205 g/mol. The van der Waals surface area contributed by atoms with E-state index in [1.807, 2.05) is 6.92 Å². The largest absolute Gasteiger partial charge is 0.401 e. The summed E-state index contributed by atoms with van der Waals surface area (Å²) in [5.74, 6) is 0. The van der Waals surface area contributed by atoms with Gasteiger partial charge in [-0.15, -0.1) is 0 Å². The van der Waals surface area contributed by atoms with Gasteiger partial charge in [-0.2, -0.15) is 13.2 Å². The molecule has 0 amide bonds. The Balaban J connectivity index is 2.14. The van der Waals surface area contributed by atoms with Gasteiger partial charge in [-0.25, -0.2) is 0 Å². The van der Waals surface area contributed by atoms with E-state index in [4.69, 9.17) is 0 Å². The Labute approximate surface area is 88.8 Å². The molecule has 5 heteroatoms. The van der Waals surface area contributed by atoms with Crippen LogP contribution < -0.4 is 5.32 Å². The molecule has 0 aliphatic carbocycles. The van der Waals surface area contributed by atoms with Gasteiger partial charge < -0.3 is 5.32 Å². The molecule has 0 aromatic heterocycles. The minimum absolute atomic E-state index is 0.202. The van der Waals surface area contributed by atoms with E-state index in [-0.39, 0.29) is 6.04 Å². The van der Waals surface area contributed by atoms with Crippen molar-refractivity contribution >= 4 is 0 Å². The van der Waals surface area contributed by atoms with Crippen molar-refractivity contribution in [1.29, 1.82) is 0 Å². The van der Waals surface area contributed by atoms with Crippen LogP contribution in [0.5, 0.6) is 0 Å². The number of hydrogen-bond donors (Lipinski definition) is 1. The second kappa shape index (κ2) is 5.70. The van der Waals surface area contributed by atoms with E-state index >= 15 is 0 Å². The van der Waals surface area contributed by atoms with Crippen LogP contribution in [0.3, 0.4) is 0 Å². The van der Waals surface area contributed by atoms with Gasteiger partial charge in [0.15, 0.2) is 0 Å². The van der Waals surface area contributed by atoms with E-state index in [9.17, 15) is 13.2 Å². The Morgan fingerprint density at radius 3 is 2.33 bits per heavy atom. The van der Waals surface area contributed by atoms with E-state index in [1.54, 1.807) is 0 Å². The zero-order valence-electron chi connectivity index (χ0n) is 9.11. The summed E-state index contributed by atoms with van der Waals surface area (Å²) >= 11 is 0. The third-order valence-corrected chi connectivity index (χ3v) is 2.78. The molecule has 15 heavy (non-hydrogen) atoms. The minimum Gasteiger partial charge on any atom is -0.307 e. The highest BCUT2D eigenvalue weighted by atomic mass is 19.4. The second-order valence-corrected chi connectivity index (χ2v) is 4.19. The summed E-state index contributed by atoms with van der Waals surface area (Å²) < 4.78 is 35.6. The lowest BCUT2D eigenvalue weighted by Gasteiger charge is -2.32. The van der Waals surface area contributed by atoms with Crippen LogP contribution in [0.15, 0.2) is 0 Å². The molecule has 0 bridgehead atoms. The van der Waals surface area contributed by atoms with Gasteiger partial charge in [0.05, 0.1) is 6.54 Å². The van der Waals surface area contributed by atoms with Crippen molar-refractivity contribution in [2.75, 3.05) is 26.2 Å². The van der Waals surface area contributed by atoms with Crippen LogP contribution in [0.2, 0.25) is 0 Å². The Kier molecular flexibility index (Phi) is 4.86. The van der Waals surface area contributed by atoms with Gasteiger partial charge in [-0.1, -0.05) is 6.42 Å². The topological polar surface area (TPSA) is 15.3 Å². The fourth-order valence-electron chi connectivity index (χ4n) is 1.91. The first kappa shape index (κ1) is 12.8. The van der Waals surface area contributed by atoms with Crippen molar-refractivity contribution in [2.24, 2.45) is 0 Å². The summed E-state index contributed by atoms with van der Waals surface area (Å²) in [5.41, 5.74) is 0. The number of piperidine rings is 1. The lowest BCUT2D eigenvalue weighted by atomic mass is 10.1. The van der Waals surface area contributed by atoms with Crippen molar-refractivity contribution < 1.29 is 13.2 Å². The van der Waals surface area contributed by atoms with E-state index in [0.717, 1.165) is 13.1 Å². The van der Waals surface area contributed by atoms with Crippen LogP contribution in [0.25, 0.3) is 0 Å². The van der Waals surface area contributed by atoms with Gasteiger partial charge in [-0.05, 0) is 32.9 Å². The summed E-state index contributed by atoms with van der Waals surface area (Å²) in [5, 5.41) is 2.46. The molecule has 0 saturated carbocycles. The predicted octanol–water partition coefficient (Wildman–Crippen LogP) is 2.01. The zero-order chi connectivity index (χ0) is 11.3. The second-order valence-electron chi connectivity index (χ2n) is 4.19. The summed E-state index contributed by atoms with van der Waals surface area (Å²) in [6.45, 7) is 3.56. The average molecular weight is 224 g/mol. The molecule has 1 aliphatic rings. The van der Waals surface area contributed by atoms with E-state index < -0.39 is 12.7 Å². The number of hydrogen-bond acceptors (Lipinski definition) is 2. The van der Waals surface area contributed by atoms with Gasteiger partial charge in [0.25, 0.3) is 0 Å². The van der Waals surface area contributed by atoms with Gasteiger partial charge in [0, 0.05) is 12.6 Å². The molecule has 0 aromatic carbocycles. The maximum absolute atomic E-state index is 11.9. The van der Waals surface area contributed by atoms with Crippen LogP contribution >= 0.6 is 0 Å². The van der Waals surface area contributed by atoms with Gasteiger partial charge in [0.2, 0.25) is 0 Å². The third-order valence-electron chi connectivity index (χ3n) is 2.78. The molecule has 2 nitrogen and oxygen atoms in total. The first-order valence-corrected chi connectivity index (χ1v) is 5.50. The van der Waals surface area contributed by atoms with Crippen LogP contribution in [-0.2, 0) is 0 Å². The highest BCUT2D eigenvalue weighted by Gasteiger charge is 2.27. The fourth-order valence-corrected chi connectivity index (χ4v) is 1.91. The van der Waals surface area contributed by atoms with Crippen molar-refractivity contribution in [1.82, 2.24) is 10.2 Å². The standard InChI is InChI=1S/C10H19F3N2/c1-9(7-14-8-10(11,12)13)15-5-3-2-4-6-15/h9,14H,2-8H2,1H3. The smallest absolute Gasteiger partial charge is 0.307 e. The summed E-state index contributed by atoms with van der Waals surface area (Å²) in [4.78, 5) is 2.26. The van der Waals surface area contributed by atoms with Gasteiger partial charge in [0.1, 0.15) is 0 Å². The monoisotopic (exact) mass is 224 g/mol. The number of likely N-dealkylation sites (tertiary alicyclic amines) is 1. The summed E-state index contributed by atoms with van der Waals surface area (Å²) in [7, 11) is 0. The molecule has 1 heterocycles. The molecule has 1 saturated heterocycles. The molecule has 1 atom stereocenters. The predicted molar refractivity (Wildman–Crippen MR) is 53.8 cm³/mol. The Morgan fingerprint density at radius 1 is 1.20 bits per heavy atom. The minimum atomic E-state index is -4.10. The van der Waals surface area contributed by atoms with E-state index in [2.05, 4.69) is 10.2 Å². The first-order valence-electron chi connectivity index (χ1n) is 5.50. The van der Waals surface area contributed by atoms with Crippen molar-refractivity contribution in [3.05, 3.63) is 0 Å². The molecular formula is C10H19F3N2. The lowest BCUT2D eigenvalue weighted by Crippen LogP contribution is -2.44. The SMILES string of the molecule is CC(CNCC(F)(F)F)N1CCCCC1. The Bertz CT molecular complexity index is 176. The molecule has 0 spiro atoms. The van der Waals surface area contributed by atoms with Crippen molar-refractivity contribution in [3.8, 4) is 0 Å². The number of halogens is 3. The fraction of sp³-hybridized carbons (Fsp3) is 1.00. The van der Waals surface area contributed by atoms with Gasteiger partial charge >= 0.3 is 6.18 Å². The molecule has 1 N–H and O–H groups in total.